The van der Waals surface area contributed by atoms with E-state index >= 15 is 0 Å². The molecule has 1 saturated heterocycles. The van der Waals surface area contributed by atoms with Crippen molar-refractivity contribution in [3.05, 3.63) is 0 Å². The first-order valence-corrected chi connectivity index (χ1v) is 7.49. The van der Waals surface area contributed by atoms with Crippen molar-refractivity contribution in [1.82, 2.24) is 10.6 Å². The maximum absolute atomic E-state index is 12.2. The SMILES string of the molecule is O=C(N[C@@H]1CCCC[C@H]1O)C1CCCCCCN1. The molecular weight excluding hydrogens is 228 g/mol. The van der Waals surface area contributed by atoms with Gasteiger partial charge in [0.05, 0.1) is 18.2 Å². The second-order valence-corrected chi connectivity index (χ2v) is 5.68. The van der Waals surface area contributed by atoms with E-state index in [-0.39, 0.29) is 24.1 Å². The van der Waals surface area contributed by atoms with Crippen molar-refractivity contribution < 1.29 is 9.90 Å². The lowest BCUT2D eigenvalue weighted by Gasteiger charge is -2.30. The second kappa shape index (κ2) is 7.10. The van der Waals surface area contributed by atoms with Crippen molar-refractivity contribution in [3.63, 3.8) is 0 Å². The summed E-state index contributed by atoms with van der Waals surface area (Å²) in [6.45, 7) is 0.936. The third kappa shape index (κ3) is 3.95. The van der Waals surface area contributed by atoms with Crippen molar-refractivity contribution in [2.24, 2.45) is 0 Å². The Labute approximate surface area is 110 Å². The van der Waals surface area contributed by atoms with Gasteiger partial charge in [-0.05, 0) is 32.2 Å². The fourth-order valence-electron chi connectivity index (χ4n) is 2.99. The van der Waals surface area contributed by atoms with Gasteiger partial charge in [-0.25, -0.2) is 0 Å². The molecule has 0 radical (unpaired) electrons. The summed E-state index contributed by atoms with van der Waals surface area (Å²) < 4.78 is 0. The third-order valence-corrected chi connectivity index (χ3v) is 4.18. The molecule has 1 saturated carbocycles. The Morgan fingerprint density at radius 2 is 1.72 bits per heavy atom. The maximum atomic E-state index is 12.2. The number of rotatable bonds is 2. The van der Waals surface area contributed by atoms with Gasteiger partial charge in [-0.3, -0.25) is 4.79 Å². The molecular formula is C14H26N2O2. The van der Waals surface area contributed by atoms with E-state index in [1.807, 2.05) is 0 Å². The van der Waals surface area contributed by atoms with Crippen LogP contribution >= 0.6 is 0 Å². The molecule has 1 aliphatic carbocycles. The zero-order valence-corrected chi connectivity index (χ0v) is 11.2. The molecule has 0 aromatic carbocycles. The fourth-order valence-corrected chi connectivity index (χ4v) is 2.99. The number of hydrogen-bond acceptors (Lipinski definition) is 3. The van der Waals surface area contributed by atoms with Crippen LogP contribution in [0, 0.1) is 0 Å². The molecule has 2 aliphatic rings. The van der Waals surface area contributed by atoms with E-state index in [1.54, 1.807) is 0 Å². The lowest BCUT2D eigenvalue weighted by Crippen LogP contribution is -2.52. The van der Waals surface area contributed by atoms with Gasteiger partial charge in [0.1, 0.15) is 0 Å². The average Bonchev–Trinajstić information content (AvgIpc) is 2.31. The number of nitrogens with one attached hydrogen (secondary N) is 2. The molecule has 0 aromatic heterocycles. The normalized spacial score (nSPS) is 34.4. The van der Waals surface area contributed by atoms with Gasteiger partial charge < -0.3 is 15.7 Å². The van der Waals surface area contributed by atoms with E-state index in [4.69, 9.17) is 0 Å². The lowest BCUT2D eigenvalue weighted by atomic mass is 9.92. The summed E-state index contributed by atoms with van der Waals surface area (Å²) in [6, 6.07) is -0.0853. The lowest BCUT2D eigenvalue weighted by molar-refractivity contribution is -0.125. The Balaban J connectivity index is 1.81. The Kier molecular flexibility index (Phi) is 5.45. The molecule has 3 N–H and O–H groups in total. The van der Waals surface area contributed by atoms with Crippen LogP contribution in [-0.4, -0.2) is 35.7 Å². The molecule has 0 spiro atoms. The third-order valence-electron chi connectivity index (χ3n) is 4.18. The highest BCUT2D eigenvalue weighted by Gasteiger charge is 2.27. The molecule has 4 nitrogen and oxygen atoms in total. The molecule has 1 heterocycles. The van der Waals surface area contributed by atoms with Crippen LogP contribution in [0.25, 0.3) is 0 Å². The smallest absolute Gasteiger partial charge is 0.237 e. The summed E-state index contributed by atoms with van der Waals surface area (Å²) in [4.78, 5) is 12.2. The maximum Gasteiger partial charge on any atom is 0.237 e. The molecule has 1 amide bonds. The van der Waals surface area contributed by atoms with Gasteiger partial charge in [-0.1, -0.05) is 32.1 Å². The van der Waals surface area contributed by atoms with Gasteiger partial charge in [-0.2, -0.15) is 0 Å². The van der Waals surface area contributed by atoms with Gasteiger partial charge in [0, 0.05) is 0 Å². The number of aliphatic hydroxyl groups excluding tert-OH is 1. The van der Waals surface area contributed by atoms with Crippen LogP contribution in [0.4, 0.5) is 0 Å². The predicted octanol–water partition coefficient (Wildman–Crippen LogP) is 1.33. The van der Waals surface area contributed by atoms with E-state index in [0.717, 1.165) is 51.5 Å². The molecule has 18 heavy (non-hydrogen) atoms. The monoisotopic (exact) mass is 254 g/mol. The summed E-state index contributed by atoms with van der Waals surface area (Å²) in [5.41, 5.74) is 0. The van der Waals surface area contributed by atoms with Crippen molar-refractivity contribution in [3.8, 4) is 0 Å². The Hall–Kier alpha value is -0.610. The molecule has 4 heteroatoms. The average molecular weight is 254 g/mol. The molecule has 104 valence electrons. The van der Waals surface area contributed by atoms with Crippen LogP contribution in [0.3, 0.4) is 0 Å². The molecule has 2 fully saturated rings. The minimum atomic E-state index is -0.351. The quantitative estimate of drug-likeness (QED) is 0.696. The van der Waals surface area contributed by atoms with Crippen LogP contribution in [0.15, 0.2) is 0 Å². The van der Waals surface area contributed by atoms with E-state index in [2.05, 4.69) is 10.6 Å². The Bertz CT molecular complexity index is 263. The second-order valence-electron chi connectivity index (χ2n) is 5.68. The number of amides is 1. The van der Waals surface area contributed by atoms with Crippen molar-refractivity contribution in [1.29, 1.82) is 0 Å². The fraction of sp³-hybridized carbons (Fsp3) is 0.929. The summed E-state index contributed by atoms with van der Waals surface area (Å²) in [5.74, 6) is 0.0860. The van der Waals surface area contributed by atoms with E-state index in [0.29, 0.717) is 0 Å². The summed E-state index contributed by atoms with van der Waals surface area (Å²) in [6.07, 6.45) is 9.29. The van der Waals surface area contributed by atoms with Crippen molar-refractivity contribution in [2.45, 2.75) is 76.0 Å². The van der Waals surface area contributed by atoms with Crippen LogP contribution in [-0.2, 0) is 4.79 Å². The first-order chi connectivity index (χ1) is 8.77. The number of hydrogen-bond donors (Lipinski definition) is 3. The molecule has 2 rings (SSSR count). The molecule has 0 aromatic rings. The first kappa shape index (κ1) is 13.8. The molecule has 1 unspecified atom stereocenters. The van der Waals surface area contributed by atoms with Gasteiger partial charge in [-0.15, -0.1) is 0 Å². The van der Waals surface area contributed by atoms with E-state index in [1.165, 1.54) is 12.8 Å². The summed E-state index contributed by atoms with van der Waals surface area (Å²) in [7, 11) is 0. The number of carbonyl (C=O) groups is 1. The number of aliphatic hydroxyl groups is 1. The van der Waals surface area contributed by atoms with E-state index < -0.39 is 0 Å². The minimum Gasteiger partial charge on any atom is -0.391 e. The summed E-state index contributed by atoms with van der Waals surface area (Å²) >= 11 is 0. The topological polar surface area (TPSA) is 61.4 Å². The van der Waals surface area contributed by atoms with Crippen LogP contribution < -0.4 is 10.6 Å². The minimum absolute atomic E-state index is 0.0292. The Morgan fingerprint density at radius 1 is 1.00 bits per heavy atom. The van der Waals surface area contributed by atoms with Crippen molar-refractivity contribution >= 4 is 5.91 Å². The van der Waals surface area contributed by atoms with Crippen LogP contribution in [0.1, 0.15) is 57.8 Å². The molecule has 0 bridgehead atoms. The highest BCUT2D eigenvalue weighted by Crippen LogP contribution is 2.19. The zero-order valence-electron chi connectivity index (χ0n) is 11.2. The largest absolute Gasteiger partial charge is 0.391 e. The van der Waals surface area contributed by atoms with Gasteiger partial charge >= 0.3 is 0 Å². The van der Waals surface area contributed by atoms with Crippen molar-refractivity contribution in [2.75, 3.05) is 6.54 Å². The molecule has 1 aliphatic heterocycles. The predicted molar refractivity (Wildman–Crippen MR) is 71.3 cm³/mol. The molecule has 3 atom stereocenters. The first-order valence-electron chi connectivity index (χ1n) is 7.49. The highest BCUT2D eigenvalue weighted by molar-refractivity contribution is 5.82. The van der Waals surface area contributed by atoms with Crippen LogP contribution in [0.5, 0.6) is 0 Å². The number of carbonyl (C=O) groups excluding carboxylic acids is 1. The Morgan fingerprint density at radius 3 is 2.56 bits per heavy atom. The van der Waals surface area contributed by atoms with Gasteiger partial charge in [0.25, 0.3) is 0 Å². The standard InChI is InChI=1S/C14H26N2O2/c17-13-9-5-4-7-11(13)16-14(18)12-8-3-1-2-6-10-15-12/h11-13,15,17H,1-10H2,(H,16,18)/t11-,12?,13-/m1/s1. The van der Waals surface area contributed by atoms with Gasteiger partial charge in [0.2, 0.25) is 5.91 Å². The highest BCUT2D eigenvalue weighted by atomic mass is 16.3. The van der Waals surface area contributed by atoms with E-state index in [9.17, 15) is 9.90 Å². The zero-order chi connectivity index (χ0) is 12.8. The summed E-state index contributed by atoms with van der Waals surface area (Å²) in [5, 5.41) is 16.2. The van der Waals surface area contributed by atoms with Crippen LogP contribution in [0.2, 0.25) is 0 Å². The van der Waals surface area contributed by atoms with Gasteiger partial charge in [0.15, 0.2) is 0 Å².